The first-order valence-corrected chi connectivity index (χ1v) is 5.90. The molecule has 0 aromatic carbocycles. The minimum absolute atomic E-state index is 0.125. The summed E-state index contributed by atoms with van der Waals surface area (Å²) in [5.41, 5.74) is 5.37. The van der Waals surface area contributed by atoms with Crippen molar-refractivity contribution in [2.75, 3.05) is 6.54 Å². The van der Waals surface area contributed by atoms with Gasteiger partial charge in [-0.1, -0.05) is 12.8 Å². The Morgan fingerprint density at radius 1 is 1.27 bits per heavy atom. The Kier molecular flexibility index (Phi) is 5.65. The third-order valence-corrected chi connectivity index (χ3v) is 2.84. The lowest BCUT2D eigenvalue weighted by Gasteiger charge is -2.31. The molecule has 0 atom stereocenters. The SMILES string of the molecule is NCCCCCCC(=O)NC1CC(O)C1. The summed E-state index contributed by atoms with van der Waals surface area (Å²) in [6.07, 6.45) is 6.05. The monoisotopic (exact) mass is 214 g/mol. The number of nitrogens with two attached hydrogens (primary N) is 1. The third-order valence-electron chi connectivity index (χ3n) is 2.84. The number of unbranched alkanes of at least 4 members (excludes halogenated alkanes) is 3. The van der Waals surface area contributed by atoms with Crippen molar-refractivity contribution >= 4 is 5.91 Å². The lowest BCUT2D eigenvalue weighted by atomic mass is 9.89. The second kappa shape index (κ2) is 6.80. The van der Waals surface area contributed by atoms with Crippen LogP contribution in [-0.2, 0) is 4.79 Å². The van der Waals surface area contributed by atoms with Crippen LogP contribution in [-0.4, -0.2) is 29.7 Å². The van der Waals surface area contributed by atoms with Crippen LogP contribution in [0.25, 0.3) is 0 Å². The topological polar surface area (TPSA) is 75.4 Å². The lowest BCUT2D eigenvalue weighted by molar-refractivity contribution is -0.123. The summed E-state index contributed by atoms with van der Waals surface area (Å²) in [6, 6.07) is 0.219. The first-order valence-electron chi connectivity index (χ1n) is 5.90. The minimum atomic E-state index is -0.195. The average Bonchev–Trinajstić information content (AvgIpc) is 2.15. The molecule has 1 aliphatic rings. The van der Waals surface area contributed by atoms with Crippen LogP contribution in [0.15, 0.2) is 0 Å². The molecule has 0 bridgehead atoms. The van der Waals surface area contributed by atoms with E-state index in [-0.39, 0.29) is 18.1 Å². The van der Waals surface area contributed by atoms with Gasteiger partial charge in [-0.2, -0.15) is 0 Å². The molecular formula is C11H22N2O2. The second-order valence-electron chi connectivity index (χ2n) is 4.34. The number of amides is 1. The van der Waals surface area contributed by atoms with E-state index in [9.17, 15) is 4.79 Å². The van der Waals surface area contributed by atoms with Gasteiger partial charge < -0.3 is 16.2 Å². The number of hydrogen-bond donors (Lipinski definition) is 3. The van der Waals surface area contributed by atoms with Crippen LogP contribution in [0.1, 0.15) is 44.9 Å². The molecule has 0 heterocycles. The van der Waals surface area contributed by atoms with E-state index in [1.54, 1.807) is 0 Å². The predicted molar refractivity (Wildman–Crippen MR) is 59.3 cm³/mol. The van der Waals surface area contributed by atoms with Gasteiger partial charge in [0.2, 0.25) is 5.91 Å². The Bertz CT molecular complexity index is 191. The van der Waals surface area contributed by atoms with Crippen molar-refractivity contribution in [2.45, 2.75) is 57.1 Å². The van der Waals surface area contributed by atoms with E-state index in [4.69, 9.17) is 10.8 Å². The Morgan fingerprint density at radius 2 is 1.93 bits per heavy atom. The first kappa shape index (κ1) is 12.5. The number of nitrogens with one attached hydrogen (secondary N) is 1. The van der Waals surface area contributed by atoms with Gasteiger partial charge in [-0.05, 0) is 32.2 Å². The highest BCUT2D eigenvalue weighted by Gasteiger charge is 2.27. The van der Waals surface area contributed by atoms with E-state index in [1.807, 2.05) is 0 Å². The van der Waals surface area contributed by atoms with Gasteiger partial charge in [-0.3, -0.25) is 4.79 Å². The second-order valence-corrected chi connectivity index (χ2v) is 4.34. The normalized spacial score (nSPS) is 24.7. The highest BCUT2D eigenvalue weighted by Crippen LogP contribution is 2.19. The van der Waals surface area contributed by atoms with E-state index < -0.39 is 0 Å². The lowest BCUT2D eigenvalue weighted by Crippen LogP contribution is -2.46. The van der Waals surface area contributed by atoms with Crippen LogP contribution in [0.2, 0.25) is 0 Å². The van der Waals surface area contributed by atoms with Crippen LogP contribution in [0.3, 0.4) is 0 Å². The fraction of sp³-hybridized carbons (Fsp3) is 0.909. The van der Waals surface area contributed by atoms with Crippen molar-refractivity contribution in [3.05, 3.63) is 0 Å². The zero-order chi connectivity index (χ0) is 11.1. The molecule has 0 spiro atoms. The van der Waals surface area contributed by atoms with Crippen molar-refractivity contribution in [1.82, 2.24) is 5.32 Å². The summed E-state index contributed by atoms with van der Waals surface area (Å²) in [5.74, 6) is 0.125. The fourth-order valence-electron chi connectivity index (χ4n) is 1.79. The zero-order valence-corrected chi connectivity index (χ0v) is 9.24. The minimum Gasteiger partial charge on any atom is -0.393 e. The van der Waals surface area contributed by atoms with Crippen LogP contribution in [0, 0.1) is 0 Å². The van der Waals surface area contributed by atoms with Gasteiger partial charge in [0.25, 0.3) is 0 Å². The standard InChI is InChI=1S/C11H22N2O2/c12-6-4-2-1-3-5-11(15)13-9-7-10(14)8-9/h9-10,14H,1-8,12H2,(H,13,15). The molecule has 4 N–H and O–H groups in total. The largest absolute Gasteiger partial charge is 0.393 e. The summed E-state index contributed by atoms with van der Waals surface area (Å²) in [6.45, 7) is 0.742. The Morgan fingerprint density at radius 3 is 2.53 bits per heavy atom. The van der Waals surface area contributed by atoms with Crippen LogP contribution < -0.4 is 11.1 Å². The quantitative estimate of drug-likeness (QED) is 0.541. The van der Waals surface area contributed by atoms with E-state index in [1.165, 1.54) is 0 Å². The van der Waals surface area contributed by atoms with Crippen LogP contribution >= 0.6 is 0 Å². The molecule has 1 amide bonds. The van der Waals surface area contributed by atoms with Crippen LogP contribution in [0.4, 0.5) is 0 Å². The molecule has 0 aromatic rings. The summed E-state index contributed by atoms with van der Waals surface area (Å²) in [5, 5.41) is 12.0. The van der Waals surface area contributed by atoms with Gasteiger partial charge in [-0.25, -0.2) is 0 Å². The molecule has 0 saturated heterocycles. The third kappa shape index (κ3) is 5.14. The van der Waals surface area contributed by atoms with Gasteiger partial charge in [0, 0.05) is 12.5 Å². The maximum atomic E-state index is 11.4. The number of rotatable bonds is 7. The molecule has 1 aliphatic carbocycles. The van der Waals surface area contributed by atoms with Crippen molar-refractivity contribution in [3.63, 3.8) is 0 Å². The summed E-state index contributed by atoms with van der Waals surface area (Å²) in [4.78, 5) is 11.4. The summed E-state index contributed by atoms with van der Waals surface area (Å²) < 4.78 is 0. The van der Waals surface area contributed by atoms with Gasteiger partial charge >= 0.3 is 0 Å². The number of aliphatic hydroxyl groups excluding tert-OH is 1. The first-order chi connectivity index (χ1) is 7.22. The Labute approximate surface area is 91.2 Å². The number of aliphatic hydroxyl groups is 1. The van der Waals surface area contributed by atoms with Gasteiger partial charge in [-0.15, -0.1) is 0 Å². The van der Waals surface area contributed by atoms with E-state index in [2.05, 4.69) is 5.32 Å². The number of carbonyl (C=O) groups is 1. The average molecular weight is 214 g/mol. The highest BCUT2D eigenvalue weighted by molar-refractivity contribution is 5.76. The van der Waals surface area contributed by atoms with E-state index in [0.717, 1.165) is 45.1 Å². The zero-order valence-electron chi connectivity index (χ0n) is 9.24. The van der Waals surface area contributed by atoms with Crippen molar-refractivity contribution in [2.24, 2.45) is 5.73 Å². The molecule has 0 unspecified atom stereocenters. The smallest absolute Gasteiger partial charge is 0.220 e. The number of carbonyl (C=O) groups excluding carboxylic acids is 1. The summed E-state index contributed by atoms with van der Waals surface area (Å²) in [7, 11) is 0. The Hall–Kier alpha value is -0.610. The number of hydrogen-bond acceptors (Lipinski definition) is 3. The maximum Gasteiger partial charge on any atom is 0.220 e. The highest BCUT2D eigenvalue weighted by atomic mass is 16.3. The molecule has 0 aliphatic heterocycles. The van der Waals surface area contributed by atoms with Gasteiger partial charge in [0.05, 0.1) is 6.10 Å². The van der Waals surface area contributed by atoms with Gasteiger partial charge in [0.1, 0.15) is 0 Å². The molecule has 4 nitrogen and oxygen atoms in total. The molecule has 0 radical (unpaired) electrons. The van der Waals surface area contributed by atoms with E-state index in [0.29, 0.717) is 6.42 Å². The molecule has 0 aromatic heterocycles. The van der Waals surface area contributed by atoms with Crippen LogP contribution in [0.5, 0.6) is 0 Å². The molecule has 88 valence electrons. The molecule has 1 fully saturated rings. The van der Waals surface area contributed by atoms with Crippen molar-refractivity contribution in [1.29, 1.82) is 0 Å². The van der Waals surface area contributed by atoms with Crippen molar-refractivity contribution in [3.8, 4) is 0 Å². The van der Waals surface area contributed by atoms with Gasteiger partial charge in [0.15, 0.2) is 0 Å². The van der Waals surface area contributed by atoms with Crippen molar-refractivity contribution < 1.29 is 9.90 Å². The summed E-state index contributed by atoms with van der Waals surface area (Å²) >= 11 is 0. The maximum absolute atomic E-state index is 11.4. The molecule has 1 saturated carbocycles. The fourth-order valence-corrected chi connectivity index (χ4v) is 1.79. The Balaban J connectivity index is 1.90. The molecule has 15 heavy (non-hydrogen) atoms. The van der Waals surface area contributed by atoms with E-state index >= 15 is 0 Å². The predicted octanol–water partition coefficient (Wildman–Crippen LogP) is 0.535. The molecule has 4 heteroatoms. The molecule has 1 rings (SSSR count). The molecular weight excluding hydrogens is 192 g/mol.